The maximum absolute atomic E-state index is 12.9. The van der Waals surface area contributed by atoms with Gasteiger partial charge in [-0.05, 0) is 31.1 Å². The molecule has 0 aromatic carbocycles. The molecule has 67 heavy (non-hydrogen) atoms. The van der Waals surface area contributed by atoms with Gasteiger partial charge in [-0.25, -0.2) is 0 Å². The van der Waals surface area contributed by atoms with Gasteiger partial charge in [0.05, 0.1) is 0 Å². The zero-order valence-corrected chi connectivity index (χ0v) is 46.0. The number of hydrogen-bond acceptors (Lipinski definition) is 6. The fraction of sp³-hybridized carbons (Fsp3) is 0.951. The van der Waals surface area contributed by atoms with Crippen molar-refractivity contribution in [2.75, 3.05) is 13.2 Å². The number of ether oxygens (including phenoxy) is 3. The number of carbonyl (C=O) groups is 3. The second kappa shape index (κ2) is 53.8. The molecule has 0 amide bonds. The molecular formula is C61H118O6. The Morgan fingerprint density at radius 2 is 0.493 bits per heavy atom. The fourth-order valence-electron chi connectivity index (χ4n) is 9.40. The summed E-state index contributed by atoms with van der Waals surface area (Å²) in [5.74, 6) is 0.856. The maximum atomic E-state index is 12.9. The van der Waals surface area contributed by atoms with Crippen LogP contribution in [0.2, 0.25) is 0 Å². The molecule has 0 saturated heterocycles. The first-order valence-corrected chi connectivity index (χ1v) is 30.2. The van der Waals surface area contributed by atoms with Gasteiger partial charge in [0.2, 0.25) is 0 Å². The van der Waals surface area contributed by atoms with Crippen molar-refractivity contribution >= 4 is 17.9 Å². The molecule has 0 N–H and O–H groups in total. The predicted molar refractivity (Wildman–Crippen MR) is 289 cm³/mol. The van der Waals surface area contributed by atoms with E-state index in [-0.39, 0.29) is 31.1 Å². The third-order valence-electron chi connectivity index (χ3n) is 14.0. The highest BCUT2D eigenvalue weighted by Gasteiger charge is 2.19. The van der Waals surface area contributed by atoms with Crippen LogP contribution in [0.5, 0.6) is 0 Å². The van der Waals surface area contributed by atoms with Gasteiger partial charge in [-0.3, -0.25) is 14.4 Å². The third-order valence-corrected chi connectivity index (χ3v) is 14.0. The van der Waals surface area contributed by atoms with E-state index in [1.807, 2.05) is 0 Å². The van der Waals surface area contributed by atoms with Crippen LogP contribution in [-0.4, -0.2) is 37.2 Å². The van der Waals surface area contributed by atoms with Crippen LogP contribution in [0.1, 0.15) is 343 Å². The van der Waals surface area contributed by atoms with Crippen LogP contribution >= 0.6 is 0 Å². The van der Waals surface area contributed by atoms with E-state index < -0.39 is 6.10 Å². The Balaban J connectivity index is 4.26. The molecule has 1 atom stereocenters. The Kier molecular flexibility index (Phi) is 52.5. The summed E-state index contributed by atoms with van der Waals surface area (Å²) in [7, 11) is 0. The second-order valence-corrected chi connectivity index (χ2v) is 21.9. The standard InChI is InChI=1S/C61H118O6/c1-6-7-8-9-10-11-12-19-26-31-36-41-46-51-59(62)65-54-58(55-66-60(63)52-47-42-37-32-27-23-22-25-30-35-40-45-50-57(4)5)67-61(64)53-48-43-38-33-28-21-18-16-14-13-15-17-20-24-29-34-39-44-49-56(2)3/h56-58H,6-55H2,1-5H3/t58-/m1/s1. The minimum absolute atomic E-state index is 0.0623. The van der Waals surface area contributed by atoms with E-state index in [0.717, 1.165) is 69.6 Å². The van der Waals surface area contributed by atoms with Gasteiger partial charge in [0.25, 0.3) is 0 Å². The van der Waals surface area contributed by atoms with Gasteiger partial charge in [0.15, 0.2) is 6.10 Å². The first-order valence-electron chi connectivity index (χ1n) is 30.2. The molecule has 0 heterocycles. The van der Waals surface area contributed by atoms with Gasteiger partial charge in [-0.15, -0.1) is 0 Å². The Labute approximate surface area is 418 Å². The summed E-state index contributed by atoms with van der Waals surface area (Å²) in [4.78, 5) is 38.2. The van der Waals surface area contributed by atoms with E-state index in [1.165, 1.54) is 231 Å². The van der Waals surface area contributed by atoms with E-state index in [0.29, 0.717) is 19.3 Å². The summed E-state index contributed by atoms with van der Waals surface area (Å²) in [6, 6.07) is 0. The molecule has 0 rings (SSSR count). The topological polar surface area (TPSA) is 78.9 Å². The summed E-state index contributed by atoms with van der Waals surface area (Å²) in [6.07, 6.45) is 58.1. The van der Waals surface area contributed by atoms with E-state index >= 15 is 0 Å². The Morgan fingerprint density at radius 1 is 0.284 bits per heavy atom. The van der Waals surface area contributed by atoms with E-state index in [1.54, 1.807) is 0 Å². The smallest absolute Gasteiger partial charge is 0.306 e. The van der Waals surface area contributed by atoms with E-state index in [2.05, 4.69) is 34.6 Å². The van der Waals surface area contributed by atoms with Gasteiger partial charge in [-0.1, -0.05) is 304 Å². The molecule has 0 spiro atoms. The van der Waals surface area contributed by atoms with Gasteiger partial charge >= 0.3 is 17.9 Å². The molecular weight excluding hydrogens is 829 g/mol. The molecule has 0 unspecified atom stereocenters. The summed E-state index contributed by atoms with van der Waals surface area (Å²) in [6.45, 7) is 11.4. The van der Waals surface area contributed by atoms with Crippen LogP contribution in [-0.2, 0) is 28.6 Å². The number of carbonyl (C=O) groups excluding carboxylic acids is 3. The van der Waals surface area contributed by atoms with Crippen LogP contribution in [0, 0.1) is 11.8 Å². The van der Waals surface area contributed by atoms with Crippen LogP contribution < -0.4 is 0 Å². The van der Waals surface area contributed by atoms with Crippen molar-refractivity contribution in [3.63, 3.8) is 0 Å². The fourth-order valence-corrected chi connectivity index (χ4v) is 9.40. The number of esters is 3. The first-order chi connectivity index (χ1) is 32.7. The quantitative estimate of drug-likeness (QED) is 0.0343. The molecule has 0 aliphatic carbocycles. The zero-order valence-electron chi connectivity index (χ0n) is 46.0. The molecule has 6 heteroatoms. The average Bonchev–Trinajstić information content (AvgIpc) is 3.30. The largest absolute Gasteiger partial charge is 0.462 e. The first kappa shape index (κ1) is 65.4. The second-order valence-electron chi connectivity index (χ2n) is 21.9. The SMILES string of the molecule is CCCCCCCCCCCCCCCC(=O)OC[C@H](COC(=O)CCCCCCCCCCCCCCC(C)C)OC(=O)CCCCCCCCCCCCCCCCCCCCC(C)C. The highest BCUT2D eigenvalue weighted by atomic mass is 16.6. The number of rotatable bonds is 55. The molecule has 0 bridgehead atoms. The van der Waals surface area contributed by atoms with Crippen LogP contribution in [0.3, 0.4) is 0 Å². The van der Waals surface area contributed by atoms with Crippen molar-refractivity contribution < 1.29 is 28.6 Å². The van der Waals surface area contributed by atoms with Gasteiger partial charge in [0.1, 0.15) is 13.2 Å². The van der Waals surface area contributed by atoms with Crippen molar-refractivity contribution in [3.05, 3.63) is 0 Å². The van der Waals surface area contributed by atoms with Gasteiger partial charge in [-0.2, -0.15) is 0 Å². The van der Waals surface area contributed by atoms with Gasteiger partial charge < -0.3 is 14.2 Å². The van der Waals surface area contributed by atoms with Crippen molar-refractivity contribution in [2.45, 2.75) is 349 Å². The summed E-state index contributed by atoms with van der Waals surface area (Å²) < 4.78 is 16.9. The van der Waals surface area contributed by atoms with Crippen LogP contribution in [0.15, 0.2) is 0 Å². The Hall–Kier alpha value is -1.59. The van der Waals surface area contributed by atoms with E-state index in [4.69, 9.17) is 14.2 Å². The summed E-state index contributed by atoms with van der Waals surface area (Å²) in [5.41, 5.74) is 0. The highest BCUT2D eigenvalue weighted by molar-refractivity contribution is 5.71. The van der Waals surface area contributed by atoms with E-state index in [9.17, 15) is 14.4 Å². The molecule has 0 aromatic rings. The van der Waals surface area contributed by atoms with Crippen LogP contribution in [0.4, 0.5) is 0 Å². The van der Waals surface area contributed by atoms with Crippen LogP contribution in [0.25, 0.3) is 0 Å². The maximum Gasteiger partial charge on any atom is 0.306 e. The molecule has 0 aliphatic rings. The lowest BCUT2D eigenvalue weighted by Crippen LogP contribution is -2.30. The Bertz CT molecular complexity index is 1020. The zero-order chi connectivity index (χ0) is 48.9. The summed E-state index contributed by atoms with van der Waals surface area (Å²) in [5, 5.41) is 0. The van der Waals surface area contributed by atoms with Gasteiger partial charge in [0, 0.05) is 19.3 Å². The minimum atomic E-state index is -0.763. The van der Waals surface area contributed by atoms with Crippen molar-refractivity contribution in [2.24, 2.45) is 11.8 Å². The average molecular weight is 948 g/mol. The lowest BCUT2D eigenvalue weighted by Gasteiger charge is -2.18. The lowest BCUT2D eigenvalue weighted by molar-refractivity contribution is -0.167. The summed E-state index contributed by atoms with van der Waals surface area (Å²) >= 11 is 0. The molecule has 0 radical (unpaired) electrons. The van der Waals surface area contributed by atoms with Crippen molar-refractivity contribution in [3.8, 4) is 0 Å². The molecule has 0 saturated carbocycles. The predicted octanol–water partition coefficient (Wildman–Crippen LogP) is 20.0. The molecule has 0 aromatic heterocycles. The number of hydrogen-bond donors (Lipinski definition) is 0. The minimum Gasteiger partial charge on any atom is -0.462 e. The Morgan fingerprint density at radius 3 is 0.731 bits per heavy atom. The van der Waals surface area contributed by atoms with Crippen molar-refractivity contribution in [1.82, 2.24) is 0 Å². The number of unbranched alkanes of at least 4 members (excludes halogenated alkanes) is 40. The normalized spacial score (nSPS) is 12.0. The van der Waals surface area contributed by atoms with Crippen molar-refractivity contribution in [1.29, 1.82) is 0 Å². The monoisotopic (exact) mass is 947 g/mol. The molecule has 0 fully saturated rings. The molecule has 398 valence electrons. The third kappa shape index (κ3) is 55.2. The molecule has 0 aliphatic heterocycles. The molecule has 6 nitrogen and oxygen atoms in total. The highest BCUT2D eigenvalue weighted by Crippen LogP contribution is 2.18. The lowest BCUT2D eigenvalue weighted by atomic mass is 10.0.